The van der Waals surface area contributed by atoms with Gasteiger partial charge in [-0.05, 0) is 36.4 Å². The van der Waals surface area contributed by atoms with Gasteiger partial charge < -0.3 is 18.9 Å². The molecule has 0 radical (unpaired) electrons. The van der Waals surface area contributed by atoms with E-state index >= 15 is 0 Å². The van der Waals surface area contributed by atoms with Crippen LogP contribution in [0.3, 0.4) is 0 Å². The van der Waals surface area contributed by atoms with Gasteiger partial charge in [0.15, 0.2) is 17.3 Å². The van der Waals surface area contributed by atoms with Gasteiger partial charge in [-0.1, -0.05) is 22.8 Å². The molecule has 28 heavy (non-hydrogen) atoms. The molecule has 1 aromatic heterocycles. The first-order valence-corrected chi connectivity index (χ1v) is 9.08. The second-order valence-electron chi connectivity index (χ2n) is 6.41. The highest BCUT2D eigenvalue weighted by atomic mass is 35.5. The van der Waals surface area contributed by atoms with Crippen molar-refractivity contribution in [2.45, 2.75) is 12.3 Å². The summed E-state index contributed by atoms with van der Waals surface area (Å²) in [4.78, 5) is 18.7. The Labute approximate surface area is 166 Å². The van der Waals surface area contributed by atoms with Crippen molar-refractivity contribution < 1.29 is 18.8 Å². The van der Waals surface area contributed by atoms with Gasteiger partial charge in [0.2, 0.25) is 5.91 Å². The standard InChI is InChI=1S/C20H18ClN3O4/c1-26-16-7-6-12(8-17(16)27-2)20-22-19(23-28-20)13-9-18(25)24(11-13)15-5-3-4-14(21)10-15/h3-8,10,13H,9,11H2,1-2H3. The molecule has 0 spiro atoms. The quantitative estimate of drug-likeness (QED) is 0.647. The zero-order valence-electron chi connectivity index (χ0n) is 15.4. The number of benzene rings is 2. The number of anilines is 1. The molecular formula is C20H18ClN3O4. The largest absolute Gasteiger partial charge is 0.493 e. The van der Waals surface area contributed by atoms with Crippen LogP contribution in [0.25, 0.3) is 11.5 Å². The number of carbonyl (C=O) groups excluding carboxylic acids is 1. The summed E-state index contributed by atoms with van der Waals surface area (Å²) in [5, 5.41) is 4.68. The van der Waals surface area contributed by atoms with E-state index < -0.39 is 0 Å². The van der Waals surface area contributed by atoms with Crippen molar-refractivity contribution >= 4 is 23.2 Å². The van der Waals surface area contributed by atoms with E-state index in [1.165, 1.54) is 0 Å². The van der Waals surface area contributed by atoms with E-state index in [0.717, 1.165) is 5.69 Å². The van der Waals surface area contributed by atoms with Crippen molar-refractivity contribution in [3.8, 4) is 23.0 Å². The Morgan fingerprint density at radius 2 is 1.96 bits per heavy atom. The van der Waals surface area contributed by atoms with Crippen molar-refractivity contribution in [1.82, 2.24) is 10.1 Å². The molecule has 1 aliphatic rings. The van der Waals surface area contributed by atoms with Crippen molar-refractivity contribution in [1.29, 1.82) is 0 Å². The lowest BCUT2D eigenvalue weighted by molar-refractivity contribution is -0.117. The Bertz CT molecular complexity index is 1020. The van der Waals surface area contributed by atoms with E-state index in [1.807, 2.05) is 18.2 Å². The third kappa shape index (κ3) is 3.41. The summed E-state index contributed by atoms with van der Waals surface area (Å²) >= 11 is 6.05. The van der Waals surface area contributed by atoms with E-state index in [9.17, 15) is 4.79 Å². The lowest BCUT2D eigenvalue weighted by Gasteiger charge is -2.16. The zero-order valence-corrected chi connectivity index (χ0v) is 16.1. The molecule has 0 bridgehead atoms. The van der Waals surface area contributed by atoms with Gasteiger partial charge in [-0.2, -0.15) is 4.98 Å². The minimum absolute atomic E-state index is 0.00438. The van der Waals surface area contributed by atoms with E-state index in [0.29, 0.717) is 46.8 Å². The second kappa shape index (κ2) is 7.52. The Balaban J connectivity index is 1.56. The molecule has 1 unspecified atom stereocenters. The summed E-state index contributed by atoms with van der Waals surface area (Å²) in [6.07, 6.45) is 0.317. The Kier molecular flexibility index (Phi) is 4.92. The molecule has 1 saturated heterocycles. The van der Waals surface area contributed by atoms with Crippen LogP contribution in [-0.2, 0) is 4.79 Å². The molecule has 0 aliphatic carbocycles. The summed E-state index contributed by atoms with van der Waals surface area (Å²) in [5.41, 5.74) is 1.48. The minimum atomic E-state index is -0.149. The lowest BCUT2D eigenvalue weighted by Crippen LogP contribution is -2.24. The smallest absolute Gasteiger partial charge is 0.258 e. The first-order chi connectivity index (χ1) is 13.6. The van der Waals surface area contributed by atoms with Crippen molar-refractivity contribution in [2.75, 3.05) is 25.7 Å². The fourth-order valence-corrected chi connectivity index (χ4v) is 3.45. The molecule has 144 valence electrons. The number of aromatic nitrogens is 2. The van der Waals surface area contributed by atoms with Gasteiger partial charge in [0.25, 0.3) is 5.89 Å². The Morgan fingerprint density at radius 1 is 1.14 bits per heavy atom. The first-order valence-electron chi connectivity index (χ1n) is 8.71. The van der Waals surface area contributed by atoms with Crippen LogP contribution >= 0.6 is 11.6 Å². The zero-order chi connectivity index (χ0) is 19.7. The van der Waals surface area contributed by atoms with Crippen LogP contribution in [-0.4, -0.2) is 36.8 Å². The van der Waals surface area contributed by atoms with Crippen LogP contribution in [0.2, 0.25) is 5.02 Å². The van der Waals surface area contributed by atoms with Gasteiger partial charge in [0, 0.05) is 35.2 Å². The van der Waals surface area contributed by atoms with Crippen molar-refractivity contribution in [3.05, 3.63) is 53.3 Å². The van der Waals surface area contributed by atoms with Crippen molar-refractivity contribution in [2.24, 2.45) is 0 Å². The number of hydrogen-bond acceptors (Lipinski definition) is 6. The summed E-state index contributed by atoms with van der Waals surface area (Å²) in [6.45, 7) is 0.476. The highest BCUT2D eigenvalue weighted by molar-refractivity contribution is 6.30. The summed E-state index contributed by atoms with van der Waals surface area (Å²) in [5.74, 6) is 1.91. The van der Waals surface area contributed by atoms with Crippen LogP contribution < -0.4 is 14.4 Å². The Hall–Kier alpha value is -3.06. The molecule has 3 aromatic rings. The topological polar surface area (TPSA) is 77.7 Å². The van der Waals surface area contributed by atoms with E-state index in [-0.39, 0.29) is 11.8 Å². The lowest BCUT2D eigenvalue weighted by atomic mass is 10.1. The number of halogens is 1. The molecule has 1 fully saturated rings. The predicted octanol–water partition coefficient (Wildman–Crippen LogP) is 3.93. The predicted molar refractivity (Wildman–Crippen MR) is 104 cm³/mol. The number of methoxy groups -OCH3 is 2. The van der Waals surface area contributed by atoms with E-state index in [2.05, 4.69) is 10.1 Å². The molecule has 1 atom stereocenters. The third-order valence-electron chi connectivity index (χ3n) is 4.68. The van der Waals surface area contributed by atoms with Crippen LogP contribution in [0.5, 0.6) is 11.5 Å². The first kappa shape index (κ1) is 18.3. The Morgan fingerprint density at radius 3 is 2.71 bits per heavy atom. The normalized spacial score (nSPS) is 16.5. The fourth-order valence-electron chi connectivity index (χ4n) is 3.26. The molecule has 7 nitrogen and oxygen atoms in total. The second-order valence-corrected chi connectivity index (χ2v) is 6.85. The summed E-state index contributed by atoms with van der Waals surface area (Å²) in [6, 6.07) is 12.6. The van der Waals surface area contributed by atoms with Crippen LogP contribution in [0.4, 0.5) is 5.69 Å². The molecule has 2 heterocycles. The third-order valence-corrected chi connectivity index (χ3v) is 4.92. The average Bonchev–Trinajstić information content (AvgIpc) is 3.34. The van der Waals surface area contributed by atoms with Crippen LogP contribution in [0, 0.1) is 0 Å². The maximum Gasteiger partial charge on any atom is 0.258 e. The minimum Gasteiger partial charge on any atom is -0.493 e. The molecule has 1 aliphatic heterocycles. The maximum atomic E-state index is 12.5. The molecule has 0 N–H and O–H groups in total. The molecule has 0 saturated carbocycles. The number of rotatable bonds is 5. The number of ether oxygens (including phenoxy) is 2. The molecule has 1 amide bonds. The number of hydrogen-bond donors (Lipinski definition) is 0. The van der Waals surface area contributed by atoms with E-state index in [1.54, 1.807) is 43.4 Å². The maximum absolute atomic E-state index is 12.5. The summed E-state index contributed by atoms with van der Waals surface area (Å²) < 4.78 is 16.0. The number of amides is 1. The number of nitrogens with zero attached hydrogens (tertiary/aromatic N) is 3. The number of carbonyl (C=O) groups is 1. The SMILES string of the molecule is COc1ccc(-c2nc(C3CC(=O)N(c4cccc(Cl)c4)C3)no2)cc1OC. The van der Waals surface area contributed by atoms with Gasteiger partial charge in [0.05, 0.1) is 14.2 Å². The van der Waals surface area contributed by atoms with Gasteiger partial charge in [-0.25, -0.2) is 0 Å². The molecule has 8 heteroatoms. The summed E-state index contributed by atoms with van der Waals surface area (Å²) in [7, 11) is 3.14. The highest BCUT2D eigenvalue weighted by Gasteiger charge is 2.34. The fraction of sp³-hybridized carbons (Fsp3) is 0.250. The van der Waals surface area contributed by atoms with Gasteiger partial charge >= 0.3 is 0 Å². The average molecular weight is 400 g/mol. The highest BCUT2D eigenvalue weighted by Crippen LogP contribution is 2.34. The van der Waals surface area contributed by atoms with Crippen LogP contribution in [0.1, 0.15) is 18.2 Å². The van der Waals surface area contributed by atoms with E-state index in [4.69, 9.17) is 25.6 Å². The molecule has 2 aromatic carbocycles. The molecular weight excluding hydrogens is 382 g/mol. The molecule has 4 rings (SSSR count). The monoisotopic (exact) mass is 399 g/mol. The van der Waals surface area contributed by atoms with Gasteiger partial charge in [0.1, 0.15) is 0 Å². The van der Waals surface area contributed by atoms with Crippen LogP contribution in [0.15, 0.2) is 47.0 Å². The van der Waals surface area contributed by atoms with Gasteiger partial charge in [-0.3, -0.25) is 4.79 Å². The van der Waals surface area contributed by atoms with Crippen molar-refractivity contribution in [3.63, 3.8) is 0 Å². The van der Waals surface area contributed by atoms with Gasteiger partial charge in [-0.15, -0.1) is 0 Å².